The van der Waals surface area contributed by atoms with Gasteiger partial charge in [-0.2, -0.15) is 0 Å². The number of benzene rings is 3. The van der Waals surface area contributed by atoms with Crippen molar-refractivity contribution < 1.29 is 0 Å². The van der Waals surface area contributed by atoms with E-state index in [0.29, 0.717) is 0 Å². The van der Waals surface area contributed by atoms with Crippen LogP contribution in [0.15, 0.2) is 78.9 Å². The maximum atomic E-state index is 6.27. The maximum Gasteiger partial charge on any atom is 0.0716 e. The van der Waals surface area contributed by atoms with Crippen molar-refractivity contribution in [2.24, 2.45) is 0 Å². The van der Waals surface area contributed by atoms with Crippen molar-refractivity contribution >= 4 is 22.5 Å². The Labute approximate surface area is 165 Å². The van der Waals surface area contributed by atoms with Gasteiger partial charge in [0, 0.05) is 16.0 Å². The Hall–Kier alpha value is -2.64. The normalized spacial score (nSPS) is 11.7. The first kappa shape index (κ1) is 17.8. The highest BCUT2D eigenvalue weighted by molar-refractivity contribution is 6.31. The fourth-order valence-corrected chi connectivity index (χ4v) is 3.52. The van der Waals surface area contributed by atoms with Crippen LogP contribution in [0.2, 0.25) is 5.02 Å². The molecular weight excluding hydrogens is 350 g/mol. The largest absolute Gasteiger partial charge is 0.248 e. The lowest BCUT2D eigenvalue weighted by Crippen LogP contribution is -2.10. The summed E-state index contributed by atoms with van der Waals surface area (Å²) >= 11 is 6.27. The van der Waals surface area contributed by atoms with Crippen molar-refractivity contribution in [3.05, 3.63) is 89.4 Å². The van der Waals surface area contributed by atoms with Crippen LogP contribution in [0.25, 0.3) is 33.3 Å². The first-order valence-electron chi connectivity index (χ1n) is 9.18. The van der Waals surface area contributed by atoms with E-state index in [2.05, 4.69) is 75.4 Å². The van der Waals surface area contributed by atoms with Crippen molar-refractivity contribution in [1.29, 1.82) is 0 Å². The summed E-state index contributed by atoms with van der Waals surface area (Å²) in [7, 11) is 0. The van der Waals surface area contributed by atoms with Gasteiger partial charge in [-0.15, -0.1) is 0 Å². The lowest BCUT2D eigenvalue weighted by molar-refractivity contribution is 0.590. The minimum atomic E-state index is 0.140. The Morgan fingerprint density at radius 3 is 2.11 bits per heavy atom. The summed E-state index contributed by atoms with van der Waals surface area (Å²) < 4.78 is 0. The SMILES string of the molecule is CC(C)(C)c1ccc(-c2cc(-c3ccccc3)c3cc(Cl)ccc3n2)cc1. The van der Waals surface area contributed by atoms with Crippen molar-refractivity contribution in [3.63, 3.8) is 0 Å². The molecule has 0 saturated carbocycles. The van der Waals surface area contributed by atoms with Gasteiger partial charge < -0.3 is 0 Å². The van der Waals surface area contributed by atoms with E-state index < -0.39 is 0 Å². The van der Waals surface area contributed by atoms with Crippen molar-refractivity contribution in [2.45, 2.75) is 26.2 Å². The Morgan fingerprint density at radius 1 is 0.741 bits per heavy atom. The minimum absolute atomic E-state index is 0.140. The van der Waals surface area contributed by atoms with Gasteiger partial charge in [0.1, 0.15) is 0 Å². The number of hydrogen-bond donors (Lipinski definition) is 0. The first-order valence-corrected chi connectivity index (χ1v) is 9.56. The number of halogens is 1. The molecule has 0 radical (unpaired) electrons. The van der Waals surface area contributed by atoms with Gasteiger partial charge in [0.05, 0.1) is 11.2 Å². The van der Waals surface area contributed by atoms with Crippen LogP contribution in [0.5, 0.6) is 0 Å². The van der Waals surface area contributed by atoms with Crippen LogP contribution in [0.4, 0.5) is 0 Å². The summed E-state index contributed by atoms with van der Waals surface area (Å²) in [6.45, 7) is 6.69. The van der Waals surface area contributed by atoms with Crippen molar-refractivity contribution in [1.82, 2.24) is 4.98 Å². The van der Waals surface area contributed by atoms with E-state index >= 15 is 0 Å². The molecule has 0 saturated heterocycles. The minimum Gasteiger partial charge on any atom is -0.248 e. The number of nitrogens with zero attached hydrogens (tertiary/aromatic N) is 1. The second-order valence-corrected chi connectivity index (χ2v) is 8.35. The summed E-state index contributed by atoms with van der Waals surface area (Å²) in [5.74, 6) is 0. The average molecular weight is 372 g/mol. The molecule has 0 bridgehead atoms. The molecule has 0 N–H and O–H groups in total. The smallest absolute Gasteiger partial charge is 0.0716 e. The van der Waals surface area contributed by atoms with E-state index in [9.17, 15) is 0 Å². The van der Waals surface area contributed by atoms with Crippen LogP contribution >= 0.6 is 11.6 Å². The van der Waals surface area contributed by atoms with E-state index in [1.54, 1.807) is 0 Å². The molecule has 4 rings (SSSR count). The third-order valence-electron chi connectivity index (χ3n) is 4.90. The summed E-state index contributed by atoms with van der Waals surface area (Å²) in [6.07, 6.45) is 0. The molecule has 0 amide bonds. The number of rotatable bonds is 2. The number of hydrogen-bond acceptors (Lipinski definition) is 1. The first-order chi connectivity index (χ1) is 12.9. The monoisotopic (exact) mass is 371 g/mol. The molecule has 3 aromatic carbocycles. The van der Waals surface area contributed by atoms with Crippen LogP contribution in [-0.4, -0.2) is 4.98 Å². The van der Waals surface area contributed by atoms with E-state index in [0.717, 1.165) is 32.7 Å². The van der Waals surface area contributed by atoms with Crippen LogP contribution < -0.4 is 0 Å². The summed E-state index contributed by atoms with van der Waals surface area (Å²) in [5, 5.41) is 1.80. The summed E-state index contributed by atoms with van der Waals surface area (Å²) in [4.78, 5) is 4.91. The zero-order valence-electron chi connectivity index (χ0n) is 15.8. The second-order valence-electron chi connectivity index (χ2n) is 7.91. The van der Waals surface area contributed by atoms with E-state index in [-0.39, 0.29) is 5.41 Å². The Morgan fingerprint density at radius 2 is 1.44 bits per heavy atom. The van der Waals surface area contributed by atoms with Gasteiger partial charge in [0.15, 0.2) is 0 Å². The van der Waals surface area contributed by atoms with E-state index in [1.165, 1.54) is 11.1 Å². The van der Waals surface area contributed by atoms with Gasteiger partial charge in [-0.3, -0.25) is 0 Å². The van der Waals surface area contributed by atoms with Gasteiger partial charge in [-0.05, 0) is 46.4 Å². The van der Waals surface area contributed by atoms with Gasteiger partial charge >= 0.3 is 0 Å². The third-order valence-corrected chi connectivity index (χ3v) is 5.14. The quantitative estimate of drug-likeness (QED) is 0.355. The molecule has 4 aromatic rings. The Kier molecular flexibility index (Phi) is 4.49. The van der Waals surface area contributed by atoms with Crippen molar-refractivity contribution in [3.8, 4) is 22.4 Å². The van der Waals surface area contributed by atoms with Gasteiger partial charge in [0.2, 0.25) is 0 Å². The predicted molar refractivity (Wildman–Crippen MR) is 116 cm³/mol. The number of pyridine rings is 1. The molecule has 0 aliphatic carbocycles. The molecular formula is C25H22ClN. The molecule has 134 valence electrons. The molecule has 1 aromatic heterocycles. The second kappa shape index (κ2) is 6.83. The predicted octanol–water partition coefficient (Wildman–Crippen LogP) is 7.52. The zero-order chi connectivity index (χ0) is 19.0. The molecule has 1 nitrogen and oxygen atoms in total. The number of fused-ring (bicyclic) bond motifs is 1. The highest BCUT2D eigenvalue weighted by Crippen LogP contribution is 2.34. The van der Waals surface area contributed by atoms with Crippen molar-refractivity contribution in [2.75, 3.05) is 0 Å². The van der Waals surface area contributed by atoms with Crippen LogP contribution in [-0.2, 0) is 5.41 Å². The molecule has 0 fully saturated rings. The molecule has 0 aliphatic heterocycles. The summed E-state index contributed by atoms with van der Waals surface area (Å²) in [6, 6.07) is 27.2. The standard InChI is InChI=1S/C25H22ClN/c1-25(2,3)19-11-9-18(10-12-19)24-16-21(17-7-5-4-6-8-17)22-15-20(26)13-14-23(22)27-24/h4-16H,1-3H3. The van der Waals surface area contributed by atoms with Crippen LogP contribution in [0, 0.1) is 0 Å². The van der Waals surface area contributed by atoms with E-state index in [4.69, 9.17) is 16.6 Å². The highest BCUT2D eigenvalue weighted by Gasteiger charge is 2.14. The molecule has 27 heavy (non-hydrogen) atoms. The van der Waals surface area contributed by atoms with Crippen LogP contribution in [0.1, 0.15) is 26.3 Å². The van der Waals surface area contributed by atoms with Gasteiger partial charge in [0.25, 0.3) is 0 Å². The fourth-order valence-electron chi connectivity index (χ4n) is 3.34. The topological polar surface area (TPSA) is 12.9 Å². The molecule has 2 heteroatoms. The van der Waals surface area contributed by atoms with Gasteiger partial charge in [-0.1, -0.05) is 87.0 Å². The fraction of sp³-hybridized carbons (Fsp3) is 0.160. The average Bonchev–Trinajstić information content (AvgIpc) is 2.67. The lowest BCUT2D eigenvalue weighted by atomic mass is 9.86. The molecule has 0 unspecified atom stereocenters. The number of aromatic nitrogens is 1. The maximum absolute atomic E-state index is 6.27. The highest BCUT2D eigenvalue weighted by atomic mass is 35.5. The third kappa shape index (κ3) is 3.61. The van der Waals surface area contributed by atoms with E-state index in [1.807, 2.05) is 24.3 Å². The zero-order valence-corrected chi connectivity index (χ0v) is 16.6. The molecule has 0 aliphatic rings. The summed E-state index contributed by atoms with van der Waals surface area (Å²) in [5.41, 5.74) is 6.83. The van der Waals surface area contributed by atoms with Crippen LogP contribution in [0.3, 0.4) is 0 Å². The lowest BCUT2D eigenvalue weighted by Gasteiger charge is -2.19. The van der Waals surface area contributed by atoms with Gasteiger partial charge in [-0.25, -0.2) is 4.98 Å². The Bertz CT molecular complexity index is 1090. The Balaban J connectivity index is 1.91. The molecule has 0 atom stereocenters. The molecule has 0 spiro atoms. The molecule has 1 heterocycles.